The summed E-state index contributed by atoms with van der Waals surface area (Å²) in [6, 6.07) is 11.2. The summed E-state index contributed by atoms with van der Waals surface area (Å²) in [6.07, 6.45) is 0.675. The van der Waals surface area contributed by atoms with Gasteiger partial charge in [-0.25, -0.2) is 4.79 Å². The van der Waals surface area contributed by atoms with Crippen LogP contribution in [0.5, 0.6) is 0 Å². The third-order valence-corrected chi connectivity index (χ3v) is 4.75. The van der Waals surface area contributed by atoms with Gasteiger partial charge in [-0.2, -0.15) is 0 Å². The van der Waals surface area contributed by atoms with Crippen molar-refractivity contribution in [3.63, 3.8) is 0 Å². The number of rotatable bonds is 7. The first-order chi connectivity index (χ1) is 13.8. The lowest BCUT2D eigenvalue weighted by molar-refractivity contribution is -0.124. The number of oxazole rings is 1. The fourth-order valence-corrected chi connectivity index (χ4v) is 3.45. The molecular formula is C22H25N3O4. The van der Waals surface area contributed by atoms with Crippen LogP contribution in [-0.4, -0.2) is 22.9 Å². The molecule has 0 aliphatic carbocycles. The largest absolute Gasteiger partial charge is 0.419 e. The normalized spacial score (nSPS) is 10.9. The van der Waals surface area contributed by atoms with Crippen LogP contribution in [0.1, 0.15) is 29.5 Å². The average molecular weight is 395 g/mol. The molecule has 7 nitrogen and oxygen atoms in total. The van der Waals surface area contributed by atoms with E-state index in [0.29, 0.717) is 24.1 Å². The minimum atomic E-state index is -0.435. The summed E-state index contributed by atoms with van der Waals surface area (Å²) in [5.74, 6) is -0.946. The van der Waals surface area contributed by atoms with Crippen LogP contribution in [0.4, 0.5) is 5.69 Å². The van der Waals surface area contributed by atoms with Crippen molar-refractivity contribution in [2.45, 2.75) is 40.2 Å². The molecule has 0 spiro atoms. The second kappa shape index (κ2) is 8.77. The number of hydrogen-bond donors (Lipinski definition) is 2. The summed E-state index contributed by atoms with van der Waals surface area (Å²) in [5.41, 5.74) is 5.12. The van der Waals surface area contributed by atoms with Gasteiger partial charge in [0.2, 0.25) is 11.8 Å². The Morgan fingerprint density at radius 3 is 2.45 bits per heavy atom. The number of para-hydroxylation sites is 2. The van der Waals surface area contributed by atoms with E-state index in [1.807, 2.05) is 39.0 Å². The van der Waals surface area contributed by atoms with E-state index in [0.717, 1.165) is 22.4 Å². The quantitative estimate of drug-likeness (QED) is 0.643. The van der Waals surface area contributed by atoms with Gasteiger partial charge in [0.1, 0.15) is 0 Å². The minimum Gasteiger partial charge on any atom is -0.408 e. The zero-order valence-corrected chi connectivity index (χ0v) is 16.9. The van der Waals surface area contributed by atoms with Crippen LogP contribution in [0.15, 0.2) is 45.6 Å². The lowest BCUT2D eigenvalue weighted by atomic mass is 10.1. The van der Waals surface area contributed by atoms with Crippen LogP contribution in [0.2, 0.25) is 0 Å². The van der Waals surface area contributed by atoms with E-state index in [4.69, 9.17) is 4.42 Å². The third-order valence-electron chi connectivity index (χ3n) is 4.75. The Hall–Kier alpha value is -3.35. The van der Waals surface area contributed by atoms with Gasteiger partial charge in [-0.1, -0.05) is 29.8 Å². The van der Waals surface area contributed by atoms with Gasteiger partial charge >= 0.3 is 5.76 Å². The zero-order valence-electron chi connectivity index (χ0n) is 16.9. The molecule has 0 fully saturated rings. The van der Waals surface area contributed by atoms with E-state index < -0.39 is 5.76 Å². The Labute approximate surface area is 168 Å². The highest BCUT2D eigenvalue weighted by Crippen LogP contribution is 2.21. The highest BCUT2D eigenvalue weighted by molar-refractivity contribution is 5.95. The molecule has 0 bridgehead atoms. The van der Waals surface area contributed by atoms with Crippen molar-refractivity contribution in [1.29, 1.82) is 0 Å². The molecule has 7 heteroatoms. The van der Waals surface area contributed by atoms with Gasteiger partial charge in [0.25, 0.3) is 0 Å². The van der Waals surface area contributed by atoms with E-state index in [1.54, 1.807) is 18.2 Å². The number of carbonyl (C=O) groups is 2. The van der Waals surface area contributed by atoms with Crippen LogP contribution < -0.4 is 16.4 Å². The van der Waals surface area contributed by atoms with E-state index in [-0.39, 0.29) is 24.8 Å². The number of fused-ring (bicyclic) bond motifs is 1. The van der Waals surface area contributed by atoms with Crippen molar-refractivity contribution in [2.24, 2.45) is 0 Å². The van der Waals surface area contributed by atoms with Crippen molar-refractivity contribution >= 4 is 28.6 Å². The SMILES string of the molecule is Cc1cc(C)c(NC(=O)CNC(=O)CCCn2c(=O)oc3ccccc32)c(C)c1. The first-order valence-electron chi connectivity index (χ1n) is 9.58. The second-order valence-corrected chi connectivity index (χ2v) is 7.19. The maximum absolute atomic E-state index is 12.2. The molecule has 0 saturated heterocycles. The summed E-state index contributed by atoms with van der Waals surface area (Å²) in [7, 11) is 0. The van der Waals surface area contributed by atoms with E-state index >= 15 is 0 Å². The smallest absolute Gasteiger partial charge is 0.408 e. The van der Waals surface area contributed by atoms with Gasteiger partial charge in [0, 0.05) is 18.7 Å². The number of hydrogen-bond acceptors (Lipinski definition) is 4. The van der Waals surface area contributed by atoms with Crippen molar-refractivity contribution < 1.29 is 14.0 Å². The molecule has 0 atom stereocenters. The maximum Gasteiger partial charge on any atom is 0.419 e. The average Bonchev–Trinajstić information content (AvgIpc) is 2.98. The number of amides is 2. The topological polar surface area (TPSA) is 93.3 Å². The van der Waals surface area contributed by atoms with E-state index in [2.05, 4.69) is 10.6 Å². The van der Waals surface area contributed by atoms with Crippen LogP contribution in [0.3, 0.4) is 0 Å². The monoisotopic (exact) mass is 395 g/mol. The molecule has 0 unspecified atom stereocenters. The van der Waals surface area contributed by atoms with E-state index in [9.17, 15) is 14.4 Å². The molecule has 1 aromatic heterocycles. The molecule has 0 aliphatic heterocycles. The number of anilines is 1. The van der Waals surface area contributed by atoms with Crippen LogP contribution in [0.25, 0.3) is 11.1 Å². The highest BCUT2D eigenvalue weighted by atomic mass is 16.4. The number of aromatic nitrogens is 1. The van der Waals surface area contributed by atoms with Crippen LogP contribution >= 0.6 is 0 Å². The van der Waals surface area contributed by atoms with Crippen LogP contribution in [-0.2, 0) is 16.1 Å². The van der Waals surface area contributed by atoms with Gasteiger partial charge in [-0.3, -0.25) is 14.2 Å². The van der Waals surface area contributed by atoms with Gasteiger partial charge in [-0.05, 0) is 50.5 Å². The molecule has 0 radical (unpaired) electrons. The summed E-state index contributed by atoms with van der Waals surface area (Å²) >= 11 is 0. The zero-order chi connectivity index (χ0) is 21.0. The summed E-state index contributed by atoms with van der Waals surface area (Å²) < 4.78 is 6.68. The third kappa shape index (κ3) is 4.93. The number of benzene rings is 2. The molecule has 3 aromatic rings. The Morgan fingerprint density at radius 1 is 1.03 bits per heavy atom. The second-order valence-electron chi connectivity index (χ2n) is 7.19. The van der Waals surface area contributed by atoms with Crippen molar-refractivity contribution in [3.05, 3.63) is 63.6 Å². The number of nitrogens with zero attached hydrogens (tertiary/aromatic N) is 1. The van der Waals surface area contributed by atoms with Crippen LogP contribution in [0, 0.1) is 20.8 Å². The molecule has 0 aliphatic rings. The first-order valence-corrected chi connectivity index (χ1v) is 9.58. The van der Waals surface area contributed by atoms with E-state index in [1.165, 1.54) is 4.57 Å². The molecule has 2 amide bonds. The van der Waals surface area contributed by atoms with Gasteiger partial charge < -0.3 is 15.1 Å². The van der Waals surface area contributed by atoms with Gasteiger partial charge in [0.05, 0.1) is 12.1 Å². The number of nitrogens with one attached hydrogen (secondary N) is 2. The molecule has 2 N–H and O–H groups in total. The molecule has 2 aromatic carbocycles. The first kappa shape index (κ1) is 20.4. The highest BCUT2D eigenvalue weighted by Gasteiger charge is 2.11. The number of carbonyl (C=O) groups excluding carboxylic acids is 2. The van der Waals surface area contributed by atoms with Crippen molar-refractivity contribution in [3.8, 4) is 0 Å². The van der Waals surface area contributed by atoms with Crippen molar-refractivity contribution in [2.75, 3.05) is 11.9 Å². The standard InChI is InChI=1S/C22H25N3O4/c1-14-11-15(2)21(16(3)12-14)24-20(27)13-23-19(26)9-6-10-25-17-7-4-5-8-18(17)29-22(25)28/h4-5,7-8,11-12H,6,9-10,13H2,1-3H3,(H,23,26)(H,24,27). The molecular weight excluding hydrogens is 370 g/mol. The fourth-order valence-electron chi connectivity index (χ4n) is 3.45. The number of aryl methyl sites for hydroxylation is 4. The molecule has 29 heavy (non-hydrogen) atoms. The fraction of sp³-hybridized carbons (Fsp3) is 0.318. The Balaban J connectivity index is 1.47. The maximum atomic E-state index is 12.2. The summed E-state index contributed by atoms with van der Waals surface area (Å²) in [5, 5.41) is 5.48. The molecule has 152 valence electrons. The predicted octanol–water partition coefficient (Wildman–Crippen LogP) is 3.05. The Bertz CT molecular complexity index is 1090. The Morgan fingerprint density at radius 2 is 1.72 bits per heavy atom. The molecule has 1 heterocycles. The predicted molar refractivity (Wildman–Crippen MR) is 112 cm³/mol. The van der Waals surface area contributed by atoms with Crippen molar-refractivity contribution in [1.82, 2.24) is 9.88 Å². The molecule has 3 rings (SSSR count). The minimum absolute atomic E-state index is 0.0970. The Kier molecular flexibility index (Phi) is 6.16. The lowest BCUT2D eigenvalue weighted by Gasteiger charge is -2.13. The van der Waals surface area contributed by atoms with Gasteiger partial charge in [-0.15, -0.1) is 0 Å². The summed E-state index contributed by atoms with van der Waals surface area (Å²) in [4.78, 5) is 36.1. The lowest BCUT2D eigenvalue weighted by Crippen LogP contribution is -2.33. The van der Waals surface area contributed by atoms with Gasteiger partial charge in [0.15, 0.2) is 5.58 Å². The summed E-state index contributed by atoms with van der Waals surface area (Å²) in [6.45, 7) is 6.16. The molecule has 0 saturated carbocycles.